The third-order valence-corrected chi connectivity index (χ3v) is 3.73. The van der Waals surface area contributed by atoms with Crippen molar-refractivity contribution in [3.05, 3.63) is 76.6 Å². The van der Waals surface area contributed by atoms with Crippen LogP contribution in [0, 0.1) is 17.0 Å². The van der Waals surface area contributed by atoms with Crippen LogP contribution in [0.15, 0.2) is 60.9 Å². The van der Waals surface area contributed by atoms with Crippen LogP contribution in [0.4, 0.5) is 28.7 Å². The predicted molar refractivity (Wildman–Crippen MR) is 97.7 cm³/mol. The number of hydrogen-bond acceptors (Lipinski definition) is 6. The molecule has 0 atom stereocenters. The van der Waals surface area contributed by atoms with Gasteiger partial charge in [-0.05, 0) is 36.8 Å². The van der Waals surface area contributed by atoms with Crippen molar-refractivity contribution in [3.63, 3.8) is 0 Å². The maximum Gasteiger partial charge on any atom is 0.354 e. The van der Waals surface area contributed by atoms with E-state index in [9.17, 15) is 10.1 Å². The van der Waals surface area contributed by atoms with E-state index in [1.165, 1.54) is 6.33 Å². The van der Waals surface area contributed by atoms with E-state index in [1.54, 1.807) is 11.9 Å². The highest BCUT2D eigenvalue weighted by Crippen LogP contribution is 2.35. The van der Waals surface area contributed by atoms with E-state index in [4.69, 9.17) is 0 Å². The minimum Gasteiger partial charge on any atom is -0.334 e. The van der Waals surface area contributed by atoms with Gasteiger partial charge in [-0.1, -0.05) is 30.3 Å². The fraction of sp³-hybridized carbons (Fsp3) is 0.111. The standard InChI is InChI=1S/C18H17N5O2/c1-13-7-6-8-14(11-13)21-17-16(23(24)25)18(20-12-19-17)22(2)15-9-4-3-5-10-15/h3-12H,1-2H3,(H,19,20,21). The lowest BCUT2D eigenvalue weighted by molar-refractivity contribution is -0.383. The van der Waals surface area contributed by atoms with Crippen molar-refractivity contribution >= 4 is 28.7 Å². The Morgan fingerprint density at radius 1 is 1.08 bits per heavy atom. The molecule has 0 aliphatic rings. The topological polar surface area (TPSA) is 84.2 Å². The normalized spacial score (nSPS) is 10.3. The van der Waals surface area contributed by atoms with Crippen molar-refractivity contribution in [2.24, 2.45) is 0 Å². The largest absolute Gasteiger partial charge is 0.354 e. The van der Waals surface area contributed by atoms with Crippen molar-refractivity contribution in [3.8, 4) is 0 Å². The minimum atomic E-state index is -0.465. The Morgan fingerprint density at radius 3 is 2.52 bits per heavy atom. The Bertz CT molecular complexity index is 899. The zero-order valence-electron chi connectivity index (χ0n) is 13.9. The monoisotopic (exact) mass is 335 g/mol. The molecule has 25 heavy (non-hydrogen) atoms. The van der Waals surface area contributed by atoms with E-state index in [0.29, 0.717) is 0 Å². The first-order valence-corrected chi connectivity index (χ1v) is 7.68. The van der Waals surface area contributed by atoms with Crippen LogP contribution < -0.4 is 10.2 Å². The Labute approximate surface area is 145 Å². The second-order valence-electron chi connectivity index (χ2n) is 5.54. The highest BCUT2D eigenvalue weighted by atomic mass is 16.6. The summed E-state index contributed by atoms with van der Waals surface area (Å²) in [7, 11) is 1.74. The van der Waals surface area contributed by atoms with Crippen LogP contribution in [0.2, 0.25) is 0 Å². The summed E-state index contributed by atoms with van der Waals surface area (Å²) in [5.74, 6) is 0.379. The van der Waals surface area contributed by atoms with Gasteiger partial charge >= 0.3 is 5.69 Å². The molecular weight excluding hydrogens is 318 g/mol. The summed E-state index contributed by atoms with van der Waals surface area (Å²) < 4.78 is 0. The maximum absolute atomic E-state index is 11.7. The molecule has 1 aromatic heterocycles. The molecule has 0 saturated heterocycles. The smallest absolute Gasteiger partial charge is 0.334 e. The summed E-state index contributed by atoms with van der Waals surface area (Å²) in [5, 5.41) is 14.7. The Hall–Kier alpha value is -3.48. The number of hydrogen-bond donors (Lipinski definition) is 1. The molecule has 1 N–H and O–H groups in total. The maximum atomic E-state index is 11.7. The van der Waals surface area contributed by atoms with E-state index >= 15 is 0 Å². The highest BCUT2D eigenvalue weighted by Gasteiger charge is 2.26. The van der Waals surface area contributed by atoms with Crippen molar-refractivity contribution in [2.75, 3.05) is 17.3 Å². The molecule has 126 valence electrons. The first kappa shape index (κ1) is 16.4. The molecule has 7 nitrogen and oxygen atoms in total. The molecule has 0 aliphatic carbocycles. The van der Waals surface area contributed by atoms with E-state index < -0.39 is 4.92 Å². The van der Waals surface area contributed by atoms with E-state index in [1.807, 2.05) is 61.5 Å². The third kappa shape index (κ3) is 3.55. The molecule has 0 bridgehead atoms. The molecule has 0 amide bonds. The number of aryl methyl sites for hydroxylation is 1. The summed E-state index contributed by atoms with van der Waals surface area (Å²) >= 11 is 0. The van der Waals surface area contributed by atoms with E-state index in [2.05, 4.69) is 15.3 Å². The number of anilines is 4. The summed E-state index contributed by atoms with van der Waals surface area (Å²) in [6.07, 6.45) is 1.32. The summed E-state index contributed by atoms with van der Waals surface area (Å²) in [6, 6.07) is 16.9. The number of aromatic nitrogens is 2. The molecular formula is C18H17N5O2. The summed E-state index contributed by atoms with van der Waals surface area (Å²) in [5.41, 5.74) is 2.40. The van der Waals surface area contributed by atoms with Gasteiger partial charge in [0.1, 0.15) is 6.33 Å². The molecule has 0 aliphatic heterocycles. The van der Waals surface area contributed by atoms with E-state index in [0.717, 1.165) is 16.9 Å². The van der Waals surface area contributed by atoms with Gasteiger partial charge < -0.3 is 10.2 Å². The molecule has 0 saturated carbocycles. The van der Waals surface area contributed by atoms with Crippen LogP contribution in [0.25, 0.3) is 0 Å². The van der Waals surface area contributed by atoms with Crippen LogP contribution in [-0.2, 0) is 0 Å². The fourth-order valence-electron chi connectivity index (χ4n) is 2.51. The molecule has 2 aromatic carbocycles. The lowest BCUT2D eigenvalue weighted by Crippen LogP contribution is -2.15. The van der Waals surface area contributed by atoms with Crippen molar-refractivity contribution in [1.29, 1.82) is 0 Å². The van der Waals surface area contributed by atoms with Crippen LogP contribution in [-0.4, -0.2) is 21.9 Å². The number of nitrogens with zero attached hydrogens (tertiary/aromatic N) is 4. The van der Waals surface area contributed by atoms with Crippen molar-refractivity contribution < 1.29 is 4.92 Å². The van der Waals surface area contributed by atoms with Crippen LogP contribution in [0.3, 0.4) is 0 Å². The number of benzene rings is 2. The quantitative estimate of drug-likeness (QED) is 0.555. The van der Waals surface area contributed by atoms with Gasteiger partial charge in [0, 0.05) is 18.4 Å². The number of rotatable bonds is 5. The minimum absolute atomic E-state index is 0.156. The second kappa shape index (κ2) is 6.96. The van der Waals surface area contributed by atoms with Gasteiger partial charge in [-0.15, -0.1) is 0 Å². The first-order chi connectivity index (χ1) is 12.1. The van der Waals surface area contributed by atoms with Crippen LogP contribution >= 0.6 is 0 Å². The SMILES string of the molecule is Cc1cccc(Nc2ncnc(N(C)c3ccccc3)c2[N+](=O)[O-])c1. The van der Waals surface area contributed by atoms with Gasteiger partial charge in [0.2, 0.25) is 11.6 Å². The zero-order chi connectivity index (χ0) is 17.8. The second-order valence-corrected chi connectivity index (χ2v) is 5.54. The fourth-order valence-corrected chi connectivity index (χ4v) is 2.51. The van der Waals surface area contributed by atoms with Crippen molar-refractivity contribution in [1.82, 2.24) is 9.97 Å². The average molecular weight is 335 g/mol. The molecule has 0 fully saturated rings. The third-order valence-electron chi connectivity index (χ3n) is 3.73. The zero-order valence-corrected chi connectivity index (χ0v) is 13.9. The molecule has 0 spiro atoms. The Kier molecular flexibility index (Phi) is 4.56. The number of nitrogens with one attached hydrogen (secondary N) is 1. The van der Waals surface area contributed by atoms with Gasteiger partial charge in [-0.3, -0.25) is 10.1 Å². The van der Waals surface area contributed by atoms with Crippen LogP contribution in [0.1, 0.15) is 5.56 Å². The Balaban J connectivity index is 2.04. The van der Waals surface area contributed by atoms with Crippen molar-refractivity contribution in [2.45, 2.75) is 6.92 Å². The first-order valence-electron chi connectivity index (χ1n) is 7.68. The molecule has 3 aromatic rings. The lowest BCUT2D eigenvalue weighted by atomic mass is 10.2. The average Bonchev–Trinajstić information content (AvgIpc) is 2.61. The summed E-state index contributed by atoms with van der Waals surface area (Å²) in [6.45, 7) is 1.95. The van der Waals surface area contributed by atoms with Crippen LogP contribution in [0.5, 0.6) is 0 Å². The Morgan fingerprint density at radius 2 is 1.84 bits per heavy atom. The molecule has 3 rings (SSSR count). The van der Waals surface area contributed by atoms with Gasteiger partial charge in [0.05, 0.1) is 4.92 Å². The number of para-hydroxylation sites is 1. The molecule has 0 radical (unpaired) electrons. The number of nitro groups is 1. The highest BCUT2D eigenvalue weighted by molar-refractivity contribution is 5.77. The summed E-state index contributed by atoms with van der Waals surface area (Å²) in [4.78, 5) is 21.1. The van der Waals surface area contributed by atoms with Gasteiger partial charge in [-0.25, -0.2) is 9.97 Å². The van der Waals surface area contributed by atoms with Gasteiger partial charge in [0.25, 0.3) is 0 Å². The molecule has 7 heteroatoms. The van der Waals surface area contributed by atoms with E-state index in [-0.39, 0.29) is 17.3 Å². The van der Waals surface area contributed by atoms with Gasteiger partial charge in [0.15, 0.2) is 0 Å². The predicted octanol–water partition coefficient (Wildman–Crippen LogP) is 4.20. The molecule has 1 heterocycles. The lowest BCUT2D eigenvalue weighted by Gasteiger charge is -2.18. The van der Waals surface area contributed by atoms with Gasteiger partial charge in [-0.2, -0.15) is 0 Å². The molecule has 0 unspecified atom stereocenters.